The van der Waals surface area contributed by atoms with Crippen LogP contribution in [-0.2, 0) is 13.1 Å². The zero-order valence-corrected chi connectivity index (χ0v) is 14.8. The van der Waals surface area contributed by atoms with E-state index in [9.17, 15) is 4.79 Å². The summed E-state index contributed by atoms with van der Waals surface area (Å²) in [5.41, 5.74) is 2.54. The molecule has 1 saturated heterocycles. The lowest BCUT2D eigenvalue weighted by Gasteiger charge is -2.32. The fourth-order valence-corrected chi connectivity index (χ4v) is 3.61. The number of piperazine rings is 1. The van der Waals surface area contributed by atoms with Gasteiger partial charge < -0.3 is 15.5 Å². The standard InChI is InChI=1S/C19H30N4O/c1-22-10-12-23(13-11-22)15-17-7-3-2-6-16(17)14-20-19(24)21-18-8-4-5-9-18/h2-3,6-7,18H,4-5,8-15H2,1H3,(H2,20,21,24). The number of nitrogens with one attached hydrogen (secondary N) is 2. The summed E-state index contributed by atoms with van der Waals surface area (Å²) in [4.78, 5) is 16.9. The Bertz CT molecular complexity index is 534. The molecule has 2 amide bonds. The Morgan fingerprint density at radius 3 is 2.46 bits per heavy atom. The van der Waals surface area contributed by atoms with E-state index in [1.165, 1.54) is 24.0 Å². The number of nitrogens with zero attached hydrogens (tertiary/aromatic N) is 2. The molecule has 0 aromatic heterocycles. The van der Waals surface area contributed by atoms with Crippen molar-refractivity contribution in [1.82, 2.24) is 20.4 Å². The summed E-state index contributed by atoms with van der Waals surface area (Å²) < 4.78 is 0. The maximum Gasteiger partial charge on any atom is 0.315 e. The molecule has 132 valence electrons. The molecule has 5 nitrogen and oxygen atoms in total. The molecule has 1 aromatic carbocycles. The fourth-order valence-electron chi connectivity index (χ4n) is 3.61. The van der Waals surface area contributed by atoms with Gasteiger partial charge in [-0.1, -0.05) is 37.1 Å². The number of hydrogen-bond acceptors (Lipinski definition) is 3. The van der Waals surface area contributed by atoms with Crippen LogP contribution < -0.4 is 10.6 Å². The van der Waals surface area contributed by atoms with Crippen LogP contribution in [0.4, 0.5) is 4.79 Å². The van der Waals surface area contributed by atoms with Crippen LogP contribution in [-0.4, -0.2) is 55.1 Å². The Balaban J connectivity index is 1.50. The topological polar surface area (TPSA) is 47.6 Å². The predicted molar refractivity (Wildman–Crippen MR) is 96.8 cm³/mol. The number of rotatable bonds is 5. The molecular weight excluding hydrogens is 300 g/mol. The highest BCUT2D eigenvalue weighted by atomic mass is 16.2. The molecule has 0 unspecified atom stereocenters. The molecule has 5 heteroatoms. The Morgan fingerprint density at radius 1 is 1.08 bits per heavy atom. The highest BCUT2D eigenvalue weighted by Gasteiger charge is 2.18. The second-order valence-electron chi connectivity index (χ2n) is 7.16. The van der Waals surface area contributed by atoms with Crippen LogP contribution in [0.5, 0.6) is 0 Å². The minimum Gasteiger partial charge on any atom is -0.335 e. The lowest BCUT2D eigenvalue weighted by Crippen LogP contribution is -2.44. The Labute approximate surface area is 145 Å². The van der Waals surface area contributed by atoms with Crippen molar-refractivity contribution >= 4 is 6.03 Å². The molecule has 0 spiro atoms. The number of hydrogen-bond donors (Lipinski definition) is 2. The molecular formula is C19H30N4O. The Morgan fingerprint density at radius 2 is 1.75 bits per heavy atom. The Hall–Kier alpha value is -1.59. The summed E-state index contributed by atoms with van der Waals surface area (Å²) in [6, 6.07) is 8.79. The first-order valence-corrected chi connectivity index (χ1v) is 9.23. The second-order valence-corrected chi connectivity index (χ2v) is 7.16. The first-order valence-electron chi connectivity index (χ1n) is 9.23. The van der Waals surface area contributed by atoms with Gasteiger partial charge in [-0.2, -0.15) is 0 Å². The summed E-state index contributed by atoms with van der Waals surface area (Å²) in [6.45, 7) is 6.05. The van der Waals surface area contributed by atoms with Crippen molar-refractivity contribution in [1.29, 1.82) is 0 Å². The Kier molecular flexibility index (Phi) is 6.10. The summed E-state index contributed by atoms with van der Waals surface area (Å²) in [5, 5.41) is 6.12. The van der Waals surface area contributed by atoms with Crippen LogP contribution in [0.15, 0.2) is 24.3 Å². The third kappa shape index (κ3) is 4.95. The fraction of sp³-hybridized carbons (Fsp3) is 0.632. The number of amides is 2. The summed E-state index contributed by atoms with van der Waals surface area (Å²) in [6.07, 6.45) is 4.71. The van der Waals surface area contributed by atoms with Gasteiger partial charge in [0.25, 0.3) is 0 Å². The highest BCUT2D eigenvalue weighted by molar-refractivity contribution is 5.74. The molecule has 2 N–H and O–H groups in total. The number of benzene rings is 1. The van der Waals surface area contributed by atoms with Gasteiger partial charge in [-0.05, 0) is 31.0 Å². The molecule has 1 aliphatic carbocycles. The van der Waals surface area contributed by atoms with Crippen LogP contribution in [0.3, 0.4) is 0 Å². The van der Waals surface area contributed by atoms with Gasteiger partial charge in [0.1, 0.15) is 0 Å². The monoisotopic (exact) mass is 330 g/mol. The average Bonchev–Trinajstić information content (AvgIpc) is 3.09. The van der Waals surface area contributed by atoms with Crippen LogP contribution in [0, 0.1) is 0 Å². The molecule has 2 fully saturated rings. The van der Waals surface area contributed by atoms with Gasteiger partial charge in [0.15, 0.2) is 0 Å². The van der Waals surface area contributed by atoms with Gasteiger partial charge >= 0.3 is 6.03 Å². The quantitative estimate of drug-likeness (QED) is 0.870. The predicted octanol–water partition coefficient (Wildman–Crippen LogP) is 2.18. The molecule has 3 rings (SSSR count). The normalized spacial score (nSPS) is 20.2. The number of carbonyl (C=O) groups is 1. The molecule has 1 saturated carbocycles. The van der Waals surface area contributed by atoms with Crippen molar-refractivity contribution in [3.8, 4) is 0 Å². The van der Waals surface area contributed by atoms with Crippen molar-refractivity contribution in [3.63, 3.8) is 0 Å². The minimum absolute atomic E-state index is 0.0312. The van der Waals surface area contributed by atoms with Crippen molar-refractivity contribution in [2.75, 3.05) is 33.2 Å². The summed E-state index contributed by atoms with van der Waals surface area (Å²) in [5.74, 6) is 0. The lowest BCUT2D eigenvalue weighted by atomic mass is 10.1. The molecule has 0 bridgehead atoms. The van der Waals surface area contributed by atoms with E-state index in [0.717, 1.165) is 45.6 Å². The second kappa shape index (κ2) is 8.49. The van der Waals surface area contributed by atoms with Crippen LogP contribution in [0.1, 0.15) is 36.8 Å². The molecule has 24 heavy (non-hydrogen) atoms. The van der Waals surface area contributed by atoms with E-state index in [4.69, 9.17) is 0 Å². The number of carbonyl (C=O) groups excluding carboxylic acids is 1. The number of likely N-dealkylation sites (N-methyl/N-ethyl adjacent to an activating group) is 1. The van der Waals surface area contributed by atoms with Crippen molar-refractivity contribution in [2.45, 2.75) is 44.8 Å². The van der Waals surface area contributed by atoms with Gasteiger partial charge in [-0.15, -0.1) is 0 Å². The third-order valence-corrected chi connectivity index (χ3v) is 5.24. The largest absolute Gasteiger partial charge is 0.335 e. The van der Waals surface area contributed by atoms with Gasteiger partial charge in [-0.3, -0.25) is 4.90 Å². The van der Waals surface area contributed by atoms with E-state index in [1.807, 2.05) is 0 Å². The summed E-state index contributed by atoms with van der Waals surface area (Å²) in [7, 11) is 2.18. The van der Waals surface area contributed by atoms with Gasteiger partial charge in [0.05, 0.1) is 0 Å². The van der Waals surface area contributed by atoms with Crippen LogP contribution in [0.2, 0.25) is 0 Å². The molecule has 1 aliphatic heterocycles. The average molecular weight is 330 g/mol. The summed E-state index contributed by atoms with van der Waals surface area (Å²) >= 11 is 0. The van der Waals surface area contributed by atoms with Crippen molar-refractivity contribution in [2.24, 2.45) is 0 Å². The van der Waals surface area contributed by atoms with Crippen LogP contribution >= 0.6 is 0 Å². The van der Waals surface area contributed by atoms with Gasteiger partial charge in [-0.25, -0.2) is 4.79 Å². The minimum atomic E-state index is -0.0312. The maximum absolute atomic E-state index is 12.1. The SMILES string of the molecule is CN1CCN(Cc2ccccc2CNC(=O)NC2CCCC2)CC1. The zero-order chi connectivity index (χ0) is 16.8. The molecule has 2 aliphatic rings. The van der Waals surface area contributed by atoms with E-state index in [-0.39, 0.29) is 6.03 Å². The number of urea groups is 1. The van der Waals surface area contributed by atoms with Gasteiger partial charge in [0, 0.05) is 45.3 Å². The molecule has 1 heterocycles. The first-order chi connectivity index (χ1) is 11.7. The van der Waals surface area contributed by atoms with Crippen molar-refractivity contribution in [3.05, 3.63) is 35.4 Å². The smallest absolute Gasteiger partial charge is 0.315 e. The van der Waals surface area contributed by atoms with E-state index >= 15 is 0 Å². The van der Waals surface area contributed by atoms with E-state index in [1.54, 1.807) is 0 Å². The van der Waals surface area contributed by atoms with E-state index in [0.29, 0.717) is 12.6 Å². The van der Waals surface area contributed by atoms with E-state index < -0.39 is 0 Å². The molecule has 1 aromatic rings. The van der Waals surface area contributed by atoms with Gasteiger partial charge in [0.2, 0.25) is 0 Å². The zero-order valence-electron chi connectivity index (χ0n) is 14.8. The first kappa shape index (κ1) is 17.2. The highest BCUT2D eigenvalue weighted by Crippen LogP contribution is 2.17. The molecule has 0 atom stereocenters. The van der Waals surface area contributed by atoms with Crippen molar-refractivity contribution < 1.29 is 4.79 Å². The molecule has 0 radical (unpaired) electrons. The van der Waals surface area contributed by atoms with E-state index in [2.05, 4.69) is 51.7 Å². The van der Waals surface area contributed by atoms with Crippen LogP contribution in [0.25, 0.3) is 0 Å². The third-order valence-electron chi connectivity index (χ3n) is 5.24. The lowest BCUT2D eigenvalue weighted by molar-refractivity contribution is 0.148. The maximum atomic E-state index is 12.1.